The van der Waals surface area contributed by atoms with Gasteiger partial charge in [-0.3, -0.25) is 4.79 Å². The van der Waals surface area contributed by atoms with Gasteiger partial charge in [0.05, 0.1) is 11.5 Å². The van der Waals surface area contributed by atoms with E-state index in [9.17, 15) is 21.6 Å². The zero-order chi connectivity index (χ0) is 16.5. The van der Waals surface area contributed by atoms with E-state index in [1.165, 1.54) is 18.4 Å². The number of hydrogen-bond acceptors (Lipinski definition) is 5. The largest absolute Gasteiger partial charge is 0.340 e. The molecule has 0 aromatic carbocycles. The van der Waals surface area contributed by atoms with Crippen molar-refractivity contribution in [1.82, 2.24) is 13.5 Å². The summed E-state index contributed by atoms with van der Waals surface area (Å²) in [6.07, 6.45) is 0.780. The van der Waals surface area contributed by atoms with Gasteiger partial charge in [-0.1, -0.05) is 0 Å². The molecule has 2 heterocycles. The number of rotatable bonds is 4. The Morgan fingerprint density at radius 3 is 2.23 bits per heavy atom. The van der Waals surface area contributed by atoms with Crippen molar-refractivity contribution < 1.29 is 21.6 Å². The monoisotopic (exact) mass is 353 g/mol. The fourth-order valence-electron chi connectivity index (χ4n) is 2.81. The second-order valence-corrected chi connectivity index (χ2v) is 10.4. The van der Waals surface area contributed by atoms with Crippen LogP contribution in [0.1, 0.15) is 12.8 Å². The first-order chi connectivity index (χ1) is 10.1. The second-order valence-electron chi connectivity index (χ2n) is 6.04. The van der Waals surface area contributed by atoms with Crippen LogP contribution in [0.5, 0.6) is 0 Å². The molecule has 0 N–H and O–H groups in total. The maximum absolute atomic E-state index is 12.2. The molecule has 2 aliphatic heterocycles. The first-order valence-electron chi connectivity index (χ1n) is 7.27. The average molecular weight is 353 g/mol. The number of piperazine rings is 1. The first-order valence-corrected chi connectivity index (χ1v) is 10.5. The third kappa shape index (κ3) is 3.98. The van der Waals surface area contributed by atoms with Gasteiger partial charge in [0.1, 0.15) is 0 Å². The van der Waals surface area contributed by atoms with Crippen LogP contribution in [0, 0.1) is 5.92 Å². The van der Waals surface area contributed by atoms with Gasteiger partial charge < -0.3 is 4.90 Å². The Labute approximate surface area is 132 Å². The van der Waals surface area contributed by atoms with E-state index in [0.29, 0.717) is 19.5 Å². The van der Waals surface area contributed by atoms with Gasteiger partial charge in [0.2, 0.25) is 5.91 Å². The zero-order valence-electron chi connectivity index (χ0n) is 12.9. The van der Waals surface area contributed by atoms with Crippen LogP contribution in [-0.2, 0) is 24.8 Å². The van der Waals surface area contributed by atoms with Crippen LogP contribution >= 0.6 is 0 Å². The van der Waals surface area contributed by atoms with E-state index >= 15 is 0 Å². The molecular formula is C12H23N3O5S2. The Morgan fingerprint density at radius 2 is 1.77 bits per heavy atom. The molecule has 10 heteroatoms. The molecule has 0 spiro atoms. The minimum Gasteiger partial charge on any atom is -0.340 e. The summed E-state index contributed by atoms with van der Waals surface area (Å²) in [5.41, 5.74) is 0. The SMILES string of the molecule is CN(C)S(=O)(=O)N1CCN(C(=O)CC2CCS(=O)(=O)C2)CC1. The summed E-state index contributed by atoms with van der Waals surface area (Å²) in [6.45, 7) is 1.25. The Hall–Kier alpha value is -0.710. The van der Waals surface area contributed by atoms with E-state index in [2.05, 4.69) is 0 Å². The highest BCUT2D eigenvalue weighted by Crippen LogP contribution is 2.23. The highest BCUT2D eigenvalue weighted by Gasteiger charge is 2.33. The quantitative estimate of drug-likeness (QED) is 0.630. The molecular weight excluding hydrogens is 330 g/mol. The highest BCUT2D eigenvalue weighted by atomic mass is 32.2. The smallest absolute Gasteiger partial charge is 0.281 e. The Bertz CT molecular complexity index is 621. The van der Waals surface area contributed by atoms with Gasteiger partial charge in [0.15, 0.2) is 9.84 Å². The lowest BCUT2D eigenvalue weighted by atomic mass is 10.0. The summed E-state index contributed by atoms with van der Waals surface area (Å²) in [6, 6.07) is 0. The van der Waals surface area contributed by atoms with Crippen molar-refractivity contribution >= 4 is 26.0 Å². The topological polar surface area (TPSA) is 95.1 Å². The van der Waals surface area contributed by atoms with Crippen molar-refractivity contribution in [2.75, 3.05) is 51.8 Å². The fourth-order valence-corrected chi connectivity index (χ4v) is 5.76. The number of amides is 1. The summed E-state index contributed by atoms with van der Waals surface area (Å²) < 4.78 is 49.3. The molecule has 2 saturated heterocycles. The summed E-state index contributed by atoms with van der Waals surface area (Å²) in [5, 5.41) is 0. The highest BCUT2D eigenvalue weighted by molar-refractivity contribution is 7.91. The number of nitrogens with zero attached hydrogens (tertiary/aromatic N) is 3. The summed E-state index contributed by atoms with van der Waals surface area (Å²) in [4.78, 5) is 13.8. The maximum Gasteiger partial charge on any atom is 0.281 e. The lowest BCUT2D eigenvalue weighted by Crippen LogP contribution is -2.53. The van der Waals surface area contributed by atoms with Gasteiger partial charge >= 0.3 is 0 Å². The van der Waals surface area contributed by atoms with Crippen LogP contribution in [0.3, 0.4) is 0 Å². The molecule has 22 heavy (non-hydrogen) atoms. The molecule has 0 saturated carbocycles. The number of sulfone groups is 1. The molecule has 0 aromatic heterocycles. The van der Waals surface area contributed by atoms with Crippen LogP contribution < -0.4 is 0 Å². The lowest BCUT2D eigenvalue weighted by Gasteiger charge is -2.35. The Kier molecular flexibility index (Phi) is 5.15. The van der Waals surface area contributed by atoms with Crippen LogP contribution in [-0.4, -0.2) is 88.0 Å². The number of hydrogen-bond donors (Lipinski definition) is 0. The fraction of sp³-hybridized carbons (Fsp3) is 0.917. The van der Waals surface area contributed by atoms with E-state index in [4.69, 9.17) is 0 Å². The molecule has 2 rings (SSSR count). The van der Waals surface area contributed by atoms with Gasteiger partial charge in [-0.15, -0.1) is 0 Å². The molecule has 128 valence electrons. The molecule has 0 bridgehead atoms. The first kappa shape index (κ1) is 17.6. The summed E-state index contributed by atoms with van der Waals surface area (Å²) in [7, 11) is -3.45. The van der Waals surface area contributed by atoms with E-state index in [-0.39, 0.29) is 42.8 Å². The third-order valence-corrected chi connectivity index (χ3v) is 7.95. The minimum atomic E-state index is -3.44. The Balaban J connectivity index is 1.86. The van der Waals surface area contributed by atoms with Crippen LogP contribution in [0.4, 0.5) is 0 Å². The van der Waals surface area contributed by atoms with E-state index in [1.807, 2.05) is 0 Å². The zero-order valence-corrected chi connectivity index (χ0v) is 14.6. The third-order valence-electron chi connectivity index (χ3n) is 4.17. The van der Waals surface area contributed by atoms with E-state index < -0.39 is 20.0 Å². The van der Waals surface area contributed by atoms with Crippen LogP contribution in [0.15, 0.2) is 0 Å². The van der Waals surface area contributed by atoms with Gasteiger partial charge in [-0.25, -0.2) is 8.42 Å². The van der Waals surface area contributed by atoms with Crippen molar-refractivity contribution in [3.05, 3.63) is 0 Å². The Morgan fingerprint density at radius 1 is 1.18 bits per heavy atom. The molecule has 0 radical (unpaired) electrons. The summed E-state index contributed by atoms with van der Waals surface area (Å²) >= 11 is 0. The van der Waals surface area contributed by atoms with Crippen molar-refractivity contribution in [3.63, 3.8) is 0 Å². The number of carbonyl (C=O) groups is 1. The van der Waals surface area contributed by atoms with Crippen molar-refractivity contribution in [1.29, 1.82) is 0 Å². The predicted octanol–water partition coefficient (Wildman–Crippen LogP) is -1.24. The molecule has 1 amide bonds. The standard InChI is InChI=1S/C12H23N3O5S2/c1-13(2)22(19,20)15-6-4-14(5-7-15)12(16)9-11-3-8-21(17,18)10-11/h11H,3-10H2,1-2H3. The minimum absolute atomic E-state index is 0.0796. The van der Waals surface area contributed by atoms with Gasteiger partial charge in [-0.05, 0) is 12.3 Å². The molecule has 8 nitrogen and oxygen atoms in total. The van der Waals surface area contributed by atoms with Gasteiger partial charge in [0.25, 0.3) is 10.2 Å². The van der Waals surface area contributed by atoms with E-state index in [1.54, 1.807) is 4.90 Å². The molecule has 0 aliphatic carbocycles. The normalized spacial score (nSPS) is 26.5. The van der Waals surface area contributed by atoms with Gasteiger partial charge in [0, 0.05) is 46.7 Å². The van der Waals surface area contributed by atoms with Crippen LogP contribution in [0.25, 0.3) is 0 Å². The van der Waals surface area contributed by atoms with Crippen molar-refractivity contribution in [3.8, 4) is 0 Å². The lowest BCUT2D eigenvalue weighted by molar-refractivity contribution is -0.133. The molecule has 0 aromatic rings. The molecule has 2 aliphatic rings. The number of carbonyl (C=O) groups excluding carboxylic acids is 1. The molecule has 1 atom stereocenters. The predicted molar refractivity (Wildman–Crippen MR) is 82.1 cm³/mol. The van der Waals surface area contributed by atoms with E-state index in [0.717, 1.165) is 4.31 Å². The van der Waals surface area contributed by atoms with Gasteiger partial charge in [-0.2, -0.15) is 17.0 Å². The summed E-state index contributed by atoms with van der Waals surface area (Å²) in [5.74, 6) is 0.0816. The second kappa shape index (κ2) is 6.42. The molecule has 2 fully saturated rings. The maximum atomic E-state index is 12.2. The van der Waals surface area contributed by atoms with Crippen LogP contribution in [0.2, 0.25) is 0 Å². The molecule has 1 unspecified atom stereocenters. The average Bonchev–Trinajstić information content (AvgIpc) is 2.77. The van der Waals surface area contributed by atoms with Crippen molar-refractivity contribution in [2.45, 2.75) is 12.8 Å². The van der Waals surface area contributed by atoms with Crippen molar-refractivity contribution in [2.24, 2.45) is 5.92 Å².